The number of rotatable bonds is 6. The maximum atomic E-state index is 12.3. The summed E-state index contributed by atoms with van der Waals surface area (Å²) in [6.07, 6.45) is 2.05. The number of Topliss-reactive ketones (excluding diaryl/α,β-unsaturated/α-hetero) is 1. The number of nitrogens with one attached hydrogen (secondary N) is 1. The molecule has 2 aromatic rings. The van der Waals surface area contributed by atoms with E-state index < -0.39 is 11.9 Å². The van der Waals surface area contributed by atoms with Gasteiger partial charge in [-0.25, -0.2) is 0 Å². The average Bonchev–Trinajstić information content (AvgIpc) is 2.91. The highest BCUT2D eigenvalue weighted by molar-refractivity contribution is 6.05. The molecular weight excluding hydrogens is 308 g/mol. The van der Waals surface area contributed by atoms with Crippen LogP contribution in [0.1, 0.15) is 40.3 Å². The summed E-state index contributed by atoms with van der Waals surface area (Å²) in [5, 5.41) is 11.7. The zero-order valence-electron chi connectivity index (χ0n) is 13.9. The van der Waals surface area contributed by atoms with Gasteiger partial charge in [-0.2, -0.15) is 0 Å². The van der Waals surface area contributed by atoms with Crippen molar-refractivity contribution >= 4 is 23.3 Å². The Morgan fingerprint density at radius 3 is 2.33 bits per heavy atom. The van der Waals surface area contributed by atoms with Crippen molar-refractivity contribution in [2.75, 3.05) is 5.32 Å². The number of amides is 1. The summed E-state index contributed by atoms with van der Waals surface area (Å²) >= 11 is 0. The first-order chi connectivity index (χ1) is 11.3. The van der Waals surface area contributed by atoms with Crippen molar-refractivity contribution in [1.82, 2.24) is 4.57 Å². The van der Waals surface area contributed by atoms with Crippen LogP contribution in [0.4, 0.5) is 5.69 Å². The fourth-order valence-electron chi connectivity index (χ4n) is 2.34. The van der Waals surface area contributed by atoms with Gasteiger partial charge in [0.25, 0.3) is 5.91 Å². The number of nitrogens with zero attached hydrogens (tertiary/aromatic N) is 1. The summed E-state index contributed by atoms with van der Waals surface area (Å²) in [7, 11) is 1.71. The van der Waals surface area contributed by atoms with Crippen LogP contribution in [0.2, 0.25) is 0 Å². The minimum atomic E-state index is -0.836. The lowest BCUT2D eigenvalue weighted by atomic mass is 10.0. The topological polar surface area (TPSA) is 88.4 Å². The quantitative estimate of drug-likeness (QED) is 0.798. The smallest absolute Gasteiger partial charge is 0.306 e. The van der Waals surface area contributed by atoms with Crippen LogP contribution in [-0.2, 0) is 18.3 Å². The molecule has 1 amide bonds. The number of carbonyl (C=O) groups excluding carboxylic acids is 2. The van der Waals surface area contributed by atoms with Gasteiger partial charge in [0.15, 0.2) is 5.78 Å². The molecule has 0 radical (unpaired) electrons. The van der Waals surface area contributed by atoms with Gasteiger partial charge in [-0.05, 0) is 37.1 Å². The fraction of sp³-hybridized carbons (Fsp3) is 0.278. The van der Waals surface area contributed by atoms with Crippen LogP contribution in [0.25, 0.3) is 0 Å². The molecule has 126 valence electrons. The summed E-state index contributed by atoms with van der Waals surface area (Å²) in [5.41, 5.74) is 2.38. The molecule has 1 heterocycles. The fourth-order valence-corrected chi connectivity index (χ4v) is 2.34. The second kappa shape index (κ2) is 7.12. The van der Waals surface area contributed by atoms with Gasteiger partial charge in [-0.3, -0.25) is 14.4 Å². The molecule has 0 aliphatic heterocycles. The molecule has 0 saturated carbocycles. The highest BCUT2D eigenvalue weighted by Gasteiger charge is 2.15. The lowest BCUT2D eigenvalue weighted by Crippen LogP contribution is -2.15. The Labute approximate surface area is 140 Å². The molecular formula is C18H20N2O4. The van der Waals surface area contributed by atoms with Crippen molar-refractivity contribution in [2.45, 2.75) is 20.3 Å². The van der Waals surface area contributed by atoms with E-state index in [0.717, 1.165) is 5.56 Å². The lowest BCUT2D eigenvalue weighted by molar-refractivity contribution is -0.141. The molecule has 1 unspecified atom stereocenters. The number of hydrogen-bond donors (Lipinski definition) is 2. The SMILES string of the molecule is CC(=O)c1cc(C(=O)Nc2ccc(CC(C)C(=O)O)cc2)n(C)c1. The van der Waals surface area contributed by atoms with Gasteiger partial charge >= 0.3 is 5.97 Å². The van der Waals surface area contributed by atoms with Crippen LogP contribution in [0.15, 0.2) is 36.5 Å². The van der Waals surface area contributed by atoms with E-state index in [9.17, 15) is 14.4 Å². The summed E-state index contributed by atoms with van der Waals surface area (Å²) in [5.74, 6) is -1.70. The van der Waals surface area contributed by atoms with Crippen molar-refractivity contribution in [3.63, 3.8) is 0 Å². The van der Waals surface area contributed by atoms with E-state index in [-0.39, 0.29) is 11.7 Å². The third-order valence-corrected chi connectivity index (χ3v) is 3.82. The van der Waals surface area contributed by atoms with E-state index >= 15 is 0 Å². The summed E-state index contributed by atoms with van der Waals surface area (Å²) in [6, 6.07) is 8.61. The highest BCUT2D eigenvalue weighted by atomic mass is 16.4. The van der Waals surface area contributed by atoms with Gasteiger partial charge in [0.2, 0.25) is 0 Å². The molecule has 1 aromatic carbocycles. The normalized spacial score (nSPS) is 11.8. The summed E-state index contributed by atoms with van der Waals surface area (Å²) in [4.78, 5) is 34.6. The number of benzene rings is 1. The van der Waals surface area contributed by atoms with Crippen LogP contribution in [0.5, 0.6) is 0 Å². The maximum Gasteiger partial charge on any atom is 0.306 e. The minimum absolute atomic E-state index is 0.0958. The van der Waals surface area contributed by atoms with E-state index in [0.29, 0.717) is 23.4 Å². The first-order valence-electron chi connectivity index (χ1n) is 7.58. The number of aryl methyl sites for hydroxylation is 1. The summed E-state index contributed by atoms with van der Waals surface area (Å²) < 4.78 is 1.61. The van der Waals surface area contributed by atoms with E-state index in [1.807, 2.05) is 0 Å². The van der Waals surface area contributed by atoms with E-state index in [1.54, 1.807) is 55.1 Å². The van der Waals surface area contributed by atoms with Crippen LogP contribution >= 0.6 is 0 Å². The third kappa shape index (κ3) is 4.10. The number of carbonyl (C=O) groups is 3. The lowest BCUT2D eigenvalue weighted by Gasteiger charge is -2.09. The number of carboxylic acid groups (broad SMARTS) is 1. The largest absolute Gasteiger partial charge is 0.481 e. The van der Waals surface area contributed by atoms with Crippen molar-refractivity contribution < 1.29 is 19.5 Å². The highest BCUT2D eigenvalue weighted by Crippen LogP contribution is 2.15. The zero-order chi connectivity index (χ0) is 17.9. The molecule has 0 aliphatic rings. The number of carboxylic acids is 1. The predicted octanol–water partition coefficient (Wildman–Crippen LogP) is 2.74. The van der Waals surface area contributed by atoms with Gasteiger partial charge in [0.1, 0.15) is 5.69 Å². The van der Waals surface area contributed by atoms with Gasteiger partial charge in [-0.15, -0.1) is 0 Å². The van der Waals surface area contributed by atoms with Crippen LogP contribution in [0, 0.1) is 5.92 Å². The van der Waals surface area contributed by atoms with Gasteiger partial charge < -0.3 is 15.0 Å². The molecule has 1 atom stereocenters. The van der Waals surface area contributed by atoms with Gasteiger partial charge in [0.05, 0.1) is 5.92 Å². The van der Waals surface area contributed by atoms with Gasteiger partial charge in [0, 0.05) is 24.5 Å². The molecule has 0 spiro atoms. The van der Waals surface area contributed by atoms with Crippen molar-refractivity contribution in [2.24, 2.45) is 13.0 Å². The van der Waals surface area contributed by atoms with Crippen molar-refractivity contribution in [3.05, 3.63) is 53.3 Å². The molecule has 2 rings (SSSR count). The monoisotopic (exact) mass is 328 g/mol. The predicted molar refractivity (Wildman–Crippen MR) is 90.3 cm³/mol. The van der Waals surface area contributed by atoms with Crippen molar-refractivity contribution in [1.29, 1.82) is 0 Å². The van der Waals surface area contributed by atoms with Crippen LogP contribution < -0.4 is 5.32 Å². The third-order valence-electron chi connectivity index (χ3n) is 3.82. The minimum Gasteiger partial charge on any atom is -0.481 e. The Bertz CT molecular complexity index is 775. The number of aliphatic carboxylic acids is 1. The molecule has 0 bridgehead atoms. The molecule has 24 heavy (non-hydrogen) atoms. The number of ketones is 1. The van der Waals surface area contributed by atoms with E-state index in [4.69, 9.17) is 5.11 Å². The molecule has 1 aromatic heterocycles. The first kappa shape index (κ1) is 17.5. The second-order valence-electron chi connectivity index (χ2n) is 5.88. The molecule has 6 heteroatoms. The summed E-state index contributed by atoms with van der Waals surface area (Å²) in [6.45, 7) is 3.11. The Morgan fingerprint density at radius 1 is 1.21 bits per heavy atom. The standard InChI is InChI=1S/C18H20N2O4/c1-11(18(23)24)8-13-4-6-15(7-5-13)19-17(22)16-9-14(12(2)21)10-20(16)3/h4-7,9-11H,8H2,1-3H3,(H,19,22)(H,23,24). The maximum absolute atomic E-state index is 12.3. The molecule has 6 nitrogen and oxygen atoms in total. The Morgan fingerprint density at radius 2 is 1.83 bits per heavy atom. The van der Waals surface area contributed by atoms with Gasteiger partial charge in [-0.1, -0.05) is 19.1 Å². The van der Waals surface area contributed by atoms with E-state index in [1.165, 1.54) is 6.92 Å². The van der Waals surface area contributed by atoms with E-state index in [2.05, 4.69) is 5.32 Å². The Balaban J connectivity index is 2.07. The first-order valence-corrected chi connectivity index (χ1v) is 7.58. The Hall–Kier alpha value is -2.89. The number of anilines is 1. The average molecular weight is 328 g/mol. The molecule has 0 saturated heterocycles. The Kier molecular flexibility index (Phi) is 5.18. The number of hydrogen-bond acceptors (Lipinski definition) is 3. The van der Waals surface area contributed by atoms with Crippen LogP contribution in [-0.4, -0.2) is 27.3 Å². The molecule has 0 aliphatic carbocycles. The van der Waals surface area contributed by atoms with Crippen LogP contribution in [0.3, 0.4) is 0 Å². The number of aromatic nitrogens is 1. The van der Waals surface area contributed by atoms with Crippen molar-refractivity contribution in [3.8, 4) is 0 Å². The second-order valence-corrected chi connectivity index (χ2v) is 5.88. The molecule has 2 N–H and O–H groups in total. The zero-order valence-corrected chi connectivity index (χ0v) is 13.9. The molecule has 0 fully saturated rings.